The van der Waals surface area contributed by atoms with Crippen LogP contribution in [-0.4, -0.2) is 47.8 Å². The molecule has 5 rings (SSSR count). The summed E-state index contributed by atoms with van der Waals surface area (Å²) in [5.74, 6) is -1.57. The van der Waals surface area contributed by atoms with E-state index in [1.54, 1.807) is 0 Å². The van der Waals surface area contributed by atoms with E-state index >= 15 is 0 Å². The molecular formula is C30H26N2O6. The van der Waals surface area contributed by atoms with Crippen molar-refractivity contribution in [3.8, 4) is 0 Å². The van der Waals surface area contributed by atoms with Crippen molar-refractivity contribution < 1.29 is 28.7 Å². The van der Waals surface area contributed by atoms with Crippen molar-refractivity contribution in [3.63, 3.8) is 0 Å². The molecule has 3 aromatic carbocycles. The van der Waals surface area contributed by atoms with Crippen molar-refractivity contribution in [3.05, 3.63) is 119 Å². The monoisotopic (exact) mass is 510 g/mol. The van der Waals surface area contributed by atoms with Gasteiger partial charge in [-0.15, -0.1) is 0 Å². The summed E-state index contributed by atoms with van der Waals surface area (Å²) in [6, 6.07) is 26.8. The molecule has 1 fully saturated rings. The third-order valence-electron chi connectivity index (χ3n) is 6.52. The van der Waals surface area contributed by atoms with Gasteiger partial charge in [-0.05, 0) is 22.3 Å². The van der Waals surface area contributed by atoms with Crippen LogP contribution in [0, 0.1) is 0 Å². The number of carbonyl (C=O) groups excluding carboxylic acids is 4. The minimum Gasteiger partial charge on any atom is -0.448 e. The minimum absolute atomic E-state index is 0.0104. The highest BCUT2D eigenvalue weighted by Crippen LogP contribution is 2.36. The molecule has 2 amide bonds. The smallest absolute Gasteiger partial charge is 0.356 e. The molecule has 0 spiro atoms. The van der Waals surface area contributed by atoms with Crippen LogP contribution in [-0.2, 0) is 35.1 Å². The molecule has 0 aliphatic carbocycles. The average molecular weight is 511 g/mol. The minimum atomic E-state index is -0.939. The van der Waals surface area contributed by atoms with E-state index in [9.17, 15) is 19.2 Å². The molecule has 2 unspecified atom stereocenters. The number of nitrogens with one attached hydrogen (secondary N) is 1. The van der Waals surface area contributed by atoms with E-state index < -0.39 is 30.3 Å². The predicted molar refractivity (Wildman–Crippen MR) is 137 cm³/mol. The van der Waals surface area contributed by atoms with E-state index in [4.69, 9.17) is 9.47 Å². The number of nitrogens with zero attached hydrogens (tertiary/aromatic N) is 1. The van der Waals surface area contributed by atoms with Crippen LogP contribution in [0.3, 0.4) is 0 Å². The Morgan fingerprint density at radius 1 is 0.947 bits per heavy atom. The molecule has 0 radical (unpaired) electrons. The molecular weight excluding hydrogens is 484 g/mol. The molecule has 0 bridgehead atoms. The number of hydrogen-bond donors (Lipinski definition) is 1. The molecule has 2 aliphatic heterocycles. The van der Waals surface area contributed by atoms with Gasteiger partial charge >= 0.3 is 5.97 Å². The third kappa shape index (κ3) is 5.12. The Hall–Kier alpha value is -4.56. The van der Waals surface area contributed by atoms with Gasteiger partial charge in [0.15, 0.2) is 18.4 Å². The van der Waals surface area contributed by atoms with E-state index in [1.807, 2.05) is 91.0 Å². The van der Waals surface area contributed by atoms with Crippen LogP contribution >= 0.6 is 0 Å². The number of β-lactam (4-membered cyclic amide) rings is 1. The van der Waals surface area contributed by atoms with Gasteiger partial charge in [-0.3, -0.25) is 14.5 Å². The summed E-state index contributed by atoms with van der Waals surface area (Å²) in [6.07, 6.45) is -0.926. The lowest BCUT2D eigenvalue weighted by Crippen LogP contribution is -2.73. The summed E-state index contributed by atoms with van der Waals surface area (Å²) in [6.45, 7) is -0.0377. The van der Waals surface area contributed by atoms with Gasteiger partial charge in [0.1, 0.15) is 12.0 Å². The number of rotatable bonds is 9. The Balaban J connectivity index is 1.37. The number of amides is 2. The van der Waals surface area contributed by atoms with Crippen LogP contribution in [0.4, 0.5) is 0 Å². The summed E-state index contributed by atoms with van der Waals surface area (Å²) >= 11 is 0. The highest BCUT2D eigenvalue weighted by Gasteiger charge is 2.55. The van der Waals surface area contributed by atoms with Crippen molar-refractivity contribution in [1.82, 2.24) is 10.2 Å². The summed E-state index contributed by atoms with van der Waals surface area (Å²) in [4.78, 5) is 51.9. The average Bonchev–Trinajstić information content (AvgIpc) is 2.96. The fourth-order valence-electron chi connectivity index (χ4n) is 4.68. The van der Waals surface area contributed by atoms with Crippen molar-refractivity contribution in [2.75, 3.05) is 6.61 Å². The fourth-order valence-corrected chi connectivity index (χ4v) is 4.68. The molecule has 1 N–H and O–H groups in total. The topological polar surface area (TPSA) is 102 Å². The summed E-state index contributed by atoms with van der Waals surface area (Å²) in [5, 5.41) is 2.71. The first-order valence-corrected chi connectivity index (χ1v) is 12.3. The number of carbonyl (C=O) groups is 4. The van der Waals surface area contributed by atoms with Gasteiger partial charge in [0, 0.05) is 6.42 Å². The van der Waals surface area contributed by atoms with Crippen LogP contribution in [0.15, 0.2) is 102 Å². The molecule has 38 heavy (non-hydrogen) atoms. The molecule has 8 nitrogen and oxygen atoms in total. The van der Waals surface area contributed by atoms with E-state index in [-0.39, 0.29) is 31.1 Å². The van der Waals surface area contributed by atoms with E-state index in [0.717, 1.165) is 16.7 Å². The molecule has 8 heteroatoms. The number of aldehydes is 1. The number of fused-ring (bicyclic) bond motifs is 1. The molecule has 0 saturated carbocycles. The van der Waals surface area contributed by atoms with Gasteiger partial charge < -0.3 is 19.6 Å². The largest absolute Gasteiger partial charge is 0.448 e. The van der Waals surface area contributed by atoms with Crippen molar-refractivity contribution in [1.29, 1.82) is 0 Å². The van der Waals surface area contributed by atoms with Crippen LogP contribution in [0.1, 0.15) is 29.2 Å². The number of benzene rings is 3. The van der Waals surface area contributed by atoms with Gasteiger partial charge in [0.05, 0.1) is 13.0 Å². The highest BCUT2D eigenvalue weighted by atomic mass is 16.6. The Kier molecular flexibility index (Phi) is 7.42. The van der Waals surface area contributed by atoms with Crippen LogP contribution in [0.25, 0.3) is 0 Å². The van der Waals surface area contributed by atoms with E-state index in [2.05, 4.69) is 5.32 Å². The predicted octanol–water partition coefficient (Wildman–Crippen LogP) is 3.09. The Morgan fingerprint density at radius 3 is 2.11 bits per heavy atom. The van der Waals surface area contributed by atoms with Gasteiger partial charge in [-0.25, -0.2) is 4.79 Å². The van der Waals surface area contributed by atoms with Gasteiger partial charge in [-0.1, -0.05) is 91.0 Å². The maximum absolute atomic E-state index is 13.6. The molecule has 2 atom stereocenters. The Labute approximate surface area is 219 Å². The normalized spacial score (nSPS) is 18.4. The summed E-state index contributed by atoms with van der Waals surface area (Å²) < 4.78 is 11.8. The van der Waals surface area contributed by atoms with Gasteiger partial charge in [0.25, 0.3) is 5.91 Å². The molecule has 2 aliphatic rings. The first kappa shape index (κ1) is 25.1. The lowest BCUT2D eigenvalue weighted by atomic mass is 9.97. The maximum atomic E-state index is 13.6. The maximum Gasteiger partial charge on any atom is 0.356 e. The second-order valence-corrected chi connectivity index (χ2v) is 9.05. The first-order chi connectivity index (χ1) is 18.6. The van der Waals surface area contributed by atoms with E-state index in [1.165, 1.54) is 4.90 Å². The lowest BCUT2D eigenvalue weighted by Gasteiger charge is -2.49. The van der Waals surface area contributed by atoms with E-state index in [0.29, 0.717) is 11.9 Å². The first-order valence-electron chi connectivity index (χ1n) is 12.3. The zero-order chi connectivity index (χ0) is 26.5. The molecule has 1 saturated heterocycles. The second-order valence-electron chi connectivity index (χ2n) is 9.05. The Bertz CT molecular complexity index is 1320. The van der Waals surface area contributed by atoms with Gasteiger partial charge in [-0.2, -0.15) is 0 Å². The highest BCUT2D eigenvalue weighted by molar-refractivity contribution is 6.02. The Morgan fingerprint density at radius 2 is 1.53 bits per heavy atom. The van der Waals surface area contributed by atoms with Crippen LogP contribution in [0.2, 0.25) is 0 Å². The summed E-state index contributed by atoms with van der Waals surface area (Å²) in [5.41, 5.74) is 2.67. The standard InChI is InChI=1S/C30H26N2O6/c33-17-16-23-19-37-29-25(31-24(34)18-20-10-4-1-5-11-20)28(35)32(29)26(23)30(36)38-27(21-12-6-2-7-13-21)22-14-8-3-9-15-22/h1-15,17,25,27,29H,16,18-19H2,(H,31,34). The second kappa shape index (κ2) is 11.2. The van der Waals surface area contributed by atoms with Crippen molar-refractivity contribution in [2.24, 2.45) is 0 Å². The number of esters is 1. The van der Waals surface area contributed by atoms with Crippen LogP contribution < -0.4 is 5.32 Å². The fraction of sp³-hybridized carbons (Fsp3) is 0.200. The third-order valence-corrected chi connectivity index (χ3v) is 6.52. The van der Waals surface area contributed by atoms with Gasteiger partial charge in [0.2, 0.25) is 5.91 Å². The molecule has 2 heterocycles. The van der Waals surface area contributed by atoms with Crippen molar-refractivity contribution in [2.45, 2.75) is 31.2 Å². The SMILES string of the molecule is O=CCC1=C(C(=O)OC(c2ccccc2)c2ccccc2)N2C(=O)C(NC(=O)Cc3ccccc3)C2OC1. The molecule has 0 aromatic heterocycles. The number of hydrogen-bond acceptors (Lipinski definition) is 6. The summed E-state index contributed by atoms with van der Waals surface area (Å²) in [7, 11) is 0. The van der Waals surface area contributed by atoms with Crippen LogP contribution in [0.5, 0.6) is 0 Å². The molecule has 192 valence electrons. The number of ether oxygens (including phenoxy) is 2. The van der Waals surface area contributed by atoms with Crippen molar-refractivity contribution >= 4 is 24.1 Å². The lowest BCUT2D eigenvalue weighted by molar-refractivity contribution is -0.186. The quantitative estimate of drug-likeness (QED) is 0.270. The zero-order valence-electron chi connectivity index (χ0n) is 20.5. The zero-order valence-corrected chi connectivity index (χ0v) is 20.5. The molecule has 3 aromatic rings.